The average Bonchev–Trinajstić information content (AvgIpc) is 2.27. The van der Waals surface area contributed by atoms with Crippen molar-refractivity contribution in [2.24, 2.45) is 0 Å². The molecule has 1 N–H and O–H groups in total. The molecule has 0 unspecified atom stereocenters. The summed E-state index contributed by atoms with van der Waals surface area (Å²) in [5.74, 6) is 1.52. The van der Waals surface area contributed by atoms with Gasteiger partial charge in [0.05, 0.1) is 14.2 Å². The number of rotatable bonds is 2. The number of ether oxygens (including phenoxy) is 2. The summed E-state index contributed by atoms with van der Waals surface area (Å²) in [7, 11) is 3.28. The van der Waals surface area contributed by atoms with Crippen molar-refractivity contribution in [3.63, 3.8) is 0 Å². The van der Waals surface area contributed by atoms with Crippen LogP contribution in [0.5, 0.6) is 11.5 Å². The average molecular weight is 191 g/mol. The fraction of sp³-hybridized carbons (Fsp3) is 0.273. The van der Waals surface area contributed by atoms with Crippen LogP contribution in [0.2, 0.25) is 0 Å². The van der Waals surface area contributed by atoms with Crippen molar-refractivity contribution in [1.82, 2.24) is 0 Å². The topological polar surface area (TPSA) is 30.5 Å². The zero-order valence-corrected chi connectivity index (χ0v) is 8.33. The molecule has 0 spiro atoms. The van der Waals surface area contributed by atoms with Crippen molar-refractivity contribution >= 4 is 11.8 Å². The Balaban J connectivity index is 2.50. The van der Waals surface area contributed by atoms with Crippen LogP contribution < -0.4 is 14.8 Å². The van der Waals surface area contributed by atoms with Crippen molar-refractivity contribution in [3.05, 3.63) is 23.8 Å². The molecular weight excluding hydrogens is 178 g/mol. The van der Waals surface area contributed by atoms with E-state index in [9.17, 15) is 0 Å². The van der Waals surface area contributed by atoms with Gasteiger partial charge in [-0.15, -0.1) is 0 Å². The van der Waals surface area contributed by atoms with Gasteiger partial charge in [0.1, 0.15) is 0 Å². The lowest BCUT2D eigenvalue weighted by Gasteiger charge is -2.16. The summed E-state index contributed by atoms with van der Waals surface area (Å²) in [6.45, 7) is 0.864. The number of methoxy groups -OCH3 is 2. The Morgan fingerprint density at radius 1 is 1.14 bits per heavy atom. The van der Waals surface area contributed by atoms with Gasteiger partial charge in [-0.1, -0.05) is 12.2 Å². The van der Waals surface area contributed by atoms with Gasteiger partial charge in [-0.3, -0.25) is 0 Å². The molecule has 74 valence electrons. The molecular formula is C11H13NO2. The predicted molar refractivity (Wildman–Crippen MR) is 57.1 cm³/mol. The SMILES string of the molecule is COc1cc2c(cc1OC)NCC=C2. The van der Waals surface area contributed by atoms with Gasteiger partial charge in [-0.25, -0.2) is 0 Å². The van der Waals surface area contributed by atoms with E-state index in [0.29, 0.717) is 0 Å². The smallest absolute Gasteiger partial charge is 0.162 e. The van der Waals surface area contributed by atoms with Crippen LogP contribution in [0.1, 0.15) is 5.56 Å². The molecule has 0 amide bonds. The molecule has 14 heavy (non-hydrogen) atoms. The zero-order chi connectivity index (χ0) is 9.97. The molecule has 3 nitrogen and oxygen atoms in total. The van der Waals surface area contributed by atoms with E-state index in [2.05, 4.69) is 17.5 Å². The van der Waals surface area contributed by atoms with Crippen molar-refractivity contribution < 1.29 is 9.47 Å². The molecule has 1 aliphatic heterocycles. The third-order valence-electron chi connectivity index (χ3n) is 2.26. The second-order valence-corrected chi connectivity index (χ2v) is 3.08. The molecule has 3 heteroatoms. The van der Waals surface area contributed by atoms with E-state index in [1.54, 1.807) is 14.2 Å². The summed E-state index contributed by atoms with van der Waals surface area (Å²) in [6.07, 6.45) is 4.15. The minimum atomic E-state index is 0.758. The van der Waals surface area contributed by atoms with Gasteiger partial charge < -0.3 is 14.8 Å². The molecule has 0 atom stereocenters. The molecule has 1 aromatic rings. The highest BCUT2D eigenvalue weighted by Gasteiger charge is 2.10. The maximum atomic E-state index is 5.22. The van der Waals surface area contributed by atoms with Crippen molar-refractivity contribution in [1.29, 1.82) is 0 Å². The van der Waals surface area contributed by atoms with Gasteiger partial charge in [-0.2, -0.15) is 0 Å². The van der Waals surface area contributed by atoms with E-state index in [0.717, 1.165) is 29.3 Å². The molecule has 0 saturated heterocycles. The highest BCUT2D eigenvalue weighted by molar-refractivity contribution is 5.74. The van der Waals surface area contributed by atoms with Crippen LogP contribution in [-0.2, 0) is 0 Å². The van der Waals surface area contributed by atoms with E-state index in [-0.39, 0.29) is 0 Å². The third kappa shape index (κ3) is 1.41. The standard InChI is InChI=1S/C11H13NO2/c1-13-10-6-8-4-3-5-12-9(8)7-11(10)14-2/h3-4,6-7,12H,5H2,1-2H3. The maximum Gasteiger partial charge on any atom is 0.162 e. The maximum absolute atomic E-state index is 5.22. The second-order valence-electron chi connectivity index (χ2n) is 3.08. The van der Waals surface area contributed by atoms with Crippen LogP contribution >= 0.6 is 0 Å². The van der Waals surface area contributed by atoms with Gasteiger partial charge in [0.15, 0.2) is 11.5 Å². The van der Waals surface area contributed by atoms with Crippen LogP contribution in [-0.4, -0.2) is 20.8 Å². The first-order chi connectivity index (χ1) is 6.85. The van der Waals surface area contributed by atoms with Gasteiger partial charge in [0.25, 0.3) is 0 Å². The van der Waals surface area contributed by atoms with E-state index in [4.69, 9.17) is 9.47 Å². The van der Waals surface area contributed by atoms with Crippen LogP contribution in [0, 0.1) is 0 Å². The highest BCUT2D eigenvalue weighted by atomic mass is 16.5. The van der Waals surface area contributed by atoms with E-state index < -0.39 is 0 Å². The molecule has 0 radical (unpaired) electrons. The number of nitrogens with one attached hydrogen (secondary N) is 1. The summed E-state index contributed by atoms with van der Waals surface area (Å²) >= 11 is 0. The fourth-order valence-electron chi connectivity index (χ4n) is 1.54. The van der Waals surface area contributed by atoms with Gasteiger partial charge >= 0.3 is 0 Å². The number of benzene rings is 1. The van der Waals surface area contributed by atoms with Crippen molar-refractivity contribution in [3.8, 4) is 11.5 Å². The van der Waals surface area contributed by atoms with Gasteiger partial charge in [0, 0.05) is 23.9 Å². The first-order valence-corrected chi connectivity index (χ1v) is 4.51. The molecule has 1 aromatic carbocycles. The largest absolute Gasteiger partial charge is 0.493 e. The van der Waals surface area contributed by atoms with E-state index in [1.165, 1.54) is 0 Å². The molecule has 1 heterocycles. The Hall–Kier alpha value is -1.64. The Morgan fingerprint density at radius 2 is 1.86 bits per heavy atom. The summed E-state index contributed by atoms with van der Waals surface area (Å²) < 4.78 is 10.4. The lowest BCUT2D eigenvalue weighted by molar-refractivity contribution is 0.355. The molecule has 0 aliphatic carbocycles. The number of hydrogen-bond acceptors (Lipinski definition) is 3. The minimum Gasteiger partial charge on any atom is -0.493 e. The van der Waals surface area contributed by atoms with E-state index >= 15 is 0 Å². The third-order valence-corrected chi connectivity index (χ3v) is 2.26. The Morgan fingerprint density at radius 3 is 2.57 bits per heavy atom. The van der Waals surface area contributed by atoms with Crippen LogP contribution in [0.25, 0.3) is 6.08 Å². The highest BCUT2D eigenvalue weighted by Crippen LogP contribution is 2.34. The summed E-state index contributed by atoms with van der Waals surface area (Å²) in [6, 6.07) is 3.93. The van der Waals surface area contributed by atoms with Crippen molar-refractivity contribution in [2.75, 3.05) is 26.1 Å². The van der Waals surface area contributed by atoms with Crippen LogP contribution in [0.4, 0.5) is 5.69 Å². The fourth-order valence-corrected chi connectivity index (χ4v) is 1.54. The second kappa shape index (κ2) is 3.62. The first kappa shape index (κ1) is 8.94. The first-order valence-electron chi connectivity index (χ1n) is 4.51. The monoisotopic (exact) mass is 191 g/mol. The summed E-state index contributed by atoms with van der Waals surface area (Å²) in [5.41, 5.74) is 2.22. The normalized spacial score (nSPS) is 13.0. The molecule has 1 aliphatic rings. The van der Waals surface area contributed by atoms with Gasteiger partial charge in [-0.05, 0) is 6.07 Å². The van der Waals surface area contributed by atoms with E-state index in [1.807, 2.05) is 12.1 Å². The Labute approximate surface area is 83.3 Å². The van der Waals surface area contributed by atoms with Crippen molar-refractivity contribution in [2.45, 2.75) is 0 Å². The molecule has 0 aromatic heterocycles. The molecule has 0 fully saturated rings. The molecule has 0 bridgehead atoms. The summed E-state index contributed by atoms with van der Waals surface area (Å²) in [4.78, 5) is 0. The number of anilines is 1. The Bertz CT molecular complexity index is 372. The number of fused-ring (bicyclic) bond motifs is 1. The molecule has 2 rings (SSSR count). The summed E-state index contributed by atoms with van der Waals surface area (Å²) in [5, 5.41) is 3.27. The Kier molecular flexibility index (Phi) is 2.31. The quantitative estimate of drug-likeness (QED) is 0.776. The van der Waals surface area contributed by atoms with Crippen LogP contribution in [0.15, 0.2) is 18.2 Å². The predicted octanol–water partition coefficient (Wildman–Crippen LogP) is 2.14. The minimum absolute atomic E-state index is 0.758. The van der Waals surface area contributed by atoms with Crippen LogP contribution in [0.3, 0.4) is 0 Å². The number of hydrogen-bond donors (Lipinski definition) is 1. The molecule has 0 saturated carbocycles. The zero-order valence-electron chi connectivity index (χ0n) is 8.33. The lowest BCUT2D eigenvalue weighted by Crippen LogP contribution is -2.05. The van der Waals surface area contributed by atoms with Gasteiger partial charge in [0.2, 0.25) is 0 Å². The lowest BCUT2D eigenvalue weighted by atomic mass is 10.1.